The third-order valence-corrected chi connectivity index (χ3v) is 6.34. The lowest BCUT2D eigenvalue weighted by Gasteiger charge is -2.34. The maximum absolute atomic E-state index is 12.5. The van der Waals surface area contributed by atoms with E-state index >= 15 is 0 Å². The molecule has 2 heterocycles. The number of hydrogen-bond donors (Lipinski definition) is 1. The van der Waals surface area contributed by atoms with Crippen LogP contribution >= 0.6 is 0 Å². The van der Waals surface area contributed by atoms with E-state index in [1.165, 1.54) is 4.31 Å². The molecule has 0 radical (unpaired) electrons. The number of nitrogens with one attached hydrogen (secondary N) is 1. The molecule has 9 heteroatoms. The van der Waals surface area contributed by atoms with E-state index in [4.69, 9.17) is 4.74 Å². The van der Waals surface area contributed by atoms with Crippen molar-refractivity contribution in [3.05, 3.63) is 47.8 Å². The number of hydrogen-bond acceptors (Lipinski definition) is 5. The first-order valence-corrected chi connectivity index (χ1v) is 10.9. The van der Waals surface area contributed by atoms with Crippen molar-refractivity contribution in [2.24, 2.45) is 0 Å². The van der Waals surface area contributed by atoms with Gasteiger partial charge in [-0.15, -0.1) is 0 Å². The van der Waals surface area contributed by atoms with E-state index < -0.39 is 10.0 Å². The zero-order valence-electron chi connectivity index (χ0n) is 16.3. The topological polar surface area (TPSA) is 93.5 Å². The molecule has 28 heavy (non-hydrogen) atoms. The third kappa shape index (κ3) is 4.98. The van der Waals surface area contributed by atoms with Crippen LogP contribution in [0.3, 0.4) is 0 Å². The number of aromatic nitrogens is 2. The number of aryl methyl sites for hydroxylation is 1. The summed E-state index contributed by atoms with van der Waals surface area (Å²) in [6.45, 7) is 6.41. The summed E-state index contributed by atoms with van der Waals surface area (Å²) in [4.78, 5) is 12.3. The van der Waals surface area contributed by atoms with E-state index in [1.807, 2.05) is 27.0 Å². The van der Waals surface area contributed by atoms with Gasteiger partial charge in [0.05, 0.1) is 29.8 Å². The van der Waals surface area contributed by atoms with Crippen LogP contribution in [0.2, 0.25) is 0 Å². The van der Waals surface area contributed by atoms with Crippen LogP contribution in [-0.4, -0.2) is 66.0 Å². The van der Waals surface area contributed by atoms with Gasteiger partial charge in [0.2, 0.25) is 10.0 Å². The molecule has 0 spiro atoms. The Balaban J connectivity index is 1.54. The van der Waals surface area contributed by atoms with E-state index in [-0.39, 0.29) is 30.4 Å². The average molecular weight is 407 g/mol. The molecule has 8 nitrogen and oxygen atoms in total. The van der Waals surface area contributed by atoms with Gasteiger partial charge < -0.3 is 10.1 Å². The molecule has 1 saturated heterocycles. The molecule has 0 aliphatic carbocycles. The first-order chi connectivity index (χ1) is 13.2. The van der Waals surface area contributed by atoms with Gasteiger partial charge in [-0.1, -0.05) is 0 Å². The number of carbonyl (C=O) groups is 1. The van der Waals surface area contributed by atoms with E-state index in [2.05, 4.69) is 10.4 Å². The van der Waals surface area contributed by atoms with E-state index in [0.717, 1.165) is 11.3 Å². The van der Waals surface area contributed by atoms with Crippen molar-refractivity contribution in [2.45, 2.75) is 33.0 Å². The third-order valence-electron chi connectivity index (χ3n) is 4.53. The normalized spacial score (nSPS) is 20.8. The molecule has 2 atom stereocenters. The van der Waals surface area contributed by atoms with Crippen LogP contribution in [0.5, 0.6) is 0 Å². The summed E-state index contributed by atoms with van der Waals surface area (Å²) in [6.07, 6.45) is 3.39. The second kappa shape index (κ2) is 8.42. The van der Waals surface area contributed by atoms with Gasteiger partial charge in [-0.2, -0.15) is 9.40 Å². The lowest BCUT2D eigenvalue weighted by molar-refractivity contribution is -0.0440. The number of carbonyl (C=O) groups excluding carboxylic acids is 1. The molecule has 1 aromatic heterocycles. The Bertz CT molecular complexity index is 914. The molecule has 152 valence electrons. The Morgan fingerprint density at radius 3 is 2.43 bits per heavy atom. The Hall–Kier alpha value is -2.23. The van der Waals surface area contributed by atoms with Gasteiger partial charge in [0.15, 0.2) is 0 Å². The SMILES string of the molecule is Cc1cnn(-c2ccc(C(=O)NCCS(=O)(=O)N3CC(C)OC(C)C3)cc2)c1. The minimum absolute atomic E-state index is 0.0569. The highest BCUT2D eigenvalue weighted by atomic mass is 32.2. The lowest BCUT2D eigenvalue weighted by atomic mass is 10.2. The van der Waals surface area contributed by atoms with Gasteiger partial charge in [0.1, 0.15) is 0 Å². The average Bonchev–Trinajstić information content (AvgIpc) is 3.07. The zero-order valence-corrected chi connectivity index (χ0v) is 17.1. The highest BCUT2D eigenvalue weighted by molar-refractivity contribution is 7.89. The molecule has 2 unspecified atom stereocenters. The predicted molar refractivity (Wildman–Crippen MR) is 106 cm³/mol. The minimum atomic E-state index is -3.44. The number of nitrogens with zero attached hydrogens (tertiary/aromatic N) is 3. The molecule has 1 aromatic carbocycles. The van der Waals surface area contributed by atoms with Gasteiger partial charge in [-0.3, -0.25) is 4.79 Å². The van der Waals surface area contributed by atoms with E-state index in [9.17, 15) is 13.2 Å². The summed E-state index contributed by atoms with van der Waals surface area (Å²) in [6, 6.07) is 6.99. The molecule has 1 aliphatic rings. The first kappa shape index (κ1) is 20.5. The van der Waals surface area contributed by atoms with E-state index in [0.29, 0.717) is 18.7 Å². The second-order valence-electron chi connectivity index (χ2n) is 7.16. The predicted octanol–water partition coefficient (Wildman–Crippen LogP) is 1.35. The monoisotopic (exact) mass is 406 g/mol. The van der Waals surface area contributed by atoms with Crippen molar-refractivity contribution in [1.29, 1.82) is 0 Å². The van der Waals surface area contributed by atoms with Crippen molar-refractivity contribution in [3.63, 3.8) is 0 Å². The van der Waals surface area contributed by atoms with Gasteiger partial charge in [-0.05, 0) is 50.6 Å². The van der Waals surface area contributed by atoms with Crippen LogP contribution in [-0.2, 0) is 14.8 Å². The van der Waals surface area contributed by atoms with Crippen LogP contribution in [0, 0.1) is 6.92 Å². The summed E-state index contributed by atoms with van der Waals surface area (Å²) < 4.78 is 33.8. The smallest absolute Gasteiger partial charge is 0.251 e. The fourth-order valence-electron chi connectivity index (χ4n) is 3.20. The molecule has 2 aromatic rings. The second-order valence-corrected chi connectivity index (χ2v) is 9.24. The first-order valence-electron chi connectivity index (χ1n) is 9.28. The van der Waals surface area contributed by atoms with Crippen molar-refractivity contribution >= 4 is 15.9 Å². The highest BCUT2D eigenvalue weighted by Crippen LogP contribution is 2.15. The molecule has 0 saturated carbocycles. The van der Waals surface area contributed by atoms with Crippen LogP contribution in [0.4, 0.5) is 0 Å². The highest BCUT2D eigenvalue weighted by Gasteiger charge is 2.30. The van der Waals surface area contributed by atoms with Gasteiger partial charge in [0.25, 0.3) is 5.91 Å². The number of benzene rings is 1. The van der Waals surface area contributed by atoms with Crippen molar-refractivity contribution in [1.82, 2.24) is 19.4 Å². The Morgan fingerprint density at radius 1 is 1.21 bits per heavy atom. The van der Waals surface area contributed by atoms with Crippen LogP contribution in [0.25, 0.3) is 5.69 Å². The molecule has 1 amide bonds. The number of morpholine rings is 1. The Kier molecular flexibility index (Phi) is 6.17. The summed E-state index contributed by atoms with van der Waals surface area (Å²) in [7, 11) is -3.44. The summed E-state index contributed by atoms with van der Waals surface area (Å²) >= 11 is 0. The lowest BCUT2D eigenvalue weighted by Crippen LogP contribution is -2.49. The molecule has 0 bridgehead atoms. The van der Waals surface area contributed by atoms with Gasteiger partial charge in [-0.25, -0.2) is 13.1 Å². The van der Waals surface area contributed by atoms with Crippen LogP contribution < -0.4 is 5.32 Å². The molecular weight excluding hydrogens is 380 g/mol. The van der Waals surface area contributed by atoms with Crippen molar-refractivity contribution < 1.29 is 17.9 Å². The van der Waals surface area contributed by atoms with Crippen LogP contribution in [0.15, 0.2) is 36.7 Å². The maximum atomic E-state index is 12.5. The zero-order chi connectivity index (χ0) is 20.3. The molecule has 1 N–H and O–H groups in total. The molecule has 1 aliphatic heterocycles. The number of amides is 1. The fourth-order valence-corrected chi connectivity index (χ4v) is 4.69. The Labute approximate surface area is 165 Å². The summed E-state index contributed by atoms with van der Waals surface area (Å²) in [5.41, 5.74) is 2.37. The van der Waals surface area contributed by atoms with Gasteiger partial charge >= 0.3 is 0 Å². The molecular formula is C19H26N4O4S. The van der Waals surface area contributed by atoms with E-state index in [1.54, 1.807) is 35.1 Å². The summed E-state index contributed by atoms with van der Waals surface area (Å²) in [5.74, 6) is -0.440. The van der Waals surface area contributed by atoms with Gasteiger partial charge in [0, 0.05) is 31.4 Å². The number of sulfonamides is 1. The van der Waals surface area contributed by atoms with Crippen molar-refractivity contribution in [3.8, 4) is 5.69 Å². The number of rotatable bonds is 6. The fraction of sp³-hybridized carbons (Fsp3) is 0.474. The Morgan fingerprint density at radius 2 is 1.86 bits per heavy atom. The number of ether oxygens (including phenoxy) is 1. The molecule has 1 fully saturated rings. The summed E-state index contributed by atoms with van der Waals surface area (Å²) in [5, 5.41) is 6.91. The molecule has 3 rings (SSSR count). The minimum Gasteiger partial charge on any atom is -0.373 e. The van der Waals surface area contributed by atoms with Crippen molar-refractivity contribution in [2.75, 3.05) is 25.4 Å². The quantitative estimate of drug-likeness (QED) is 0.782. The maximum Gasteiger partial charge on any atom is 0.251 e. The largest absolute Gasteiger partial charge is 0.373 e. The van der Waals surface area contributed by atoms with Crippen LogP contribution in [0.1, 0.15) is 29.8 Å². The standard InChI is InChI=1S/C19H26N4O4S/c1-14-10-21-23(11-14)18-6-4-17(5-7-18)19(24)20-8-9-28(25,26)22-12-15(2)27-16(3)13-22/h4-7,10-11,15-16H,8-9,12-13H2,1-3H3,(H,20,24).